The van der Waals surface area contributed by atoms with Gasteiger partial charge in [0.15, 0.2) is 0 Å². The maximum atomic E-state index is 11.5. The first kappa shape index (κ1) is 16.5. The minimum Gasteiger partial charge on any atom is -0.465 e. The van der Waals surface area contributed by atoms with Crippen molar-refractivity contribution in [1.29, 1.82) is 0 Å². The van der Waals surface area contributed by atoms with E-state index in [0.29, 0.717) is 0 Å². The van der Waals surface area contributed by atoms with Crippen LogP contribution in [0.3, 0.4) is 0 Å². The number of carbonyl (C=O) groups excluding carboxylic acids is 1. The third kappa shape index (κ3) is 3.73. The Morgan fingerprint density at radius 1 is 1.30 bits per heavy atom. The van der Waals surface area contributed by atoms with E-state index in [4.69, 9.17) is 25.4 Å². The summed E-state index contributed by atoms with van der Waals surface area (Å²) >= 11 is 5.00. The van der Waals surface area contributed by atoms with Crippen LogP contribution in [-0.2, 0) is 25.6 Å². The lowest BCUT2D eigenvalue weighted by Crippen LogP contribution is -2.06. The summed E-state index contributed by atoms with van der Waals surface area (Å²) in [6, 6.07) is 3.57. The Morgan fingerprint density at radius 3 is 2.35 bits per heavy atom. The fourth-order valence-electron chi connectivity index (χ4n) is 1.28. The third-order valence-corrected chi connectivity index (χ3v) is 4.68. The minimum absolute atomic E-state index is 0.114. The molecule has 0 aliphatic rings. The summed E-state index contributed by atoms with van der Waals surface area (Å²) in [7, 11) is 3.75. The van der Waals surface area contributed by atoms with Crippen LogP contribution in [0.25, 0.3) is 0 Å². The van der Waals surface area contributed by atoms with E-state index in [0.717, 1.165) is 19.2 Å². The molecule has 0 saturated carbocycles. The zero-order valence-electron chi connectivity index (χ0n) is 10.9. The molecule has 8 nitrogen and oxygen atoms in total. The van der Waals surface area contributed by atoms with E-state index in [1.807, 2.05) is 0 Å². The van der Waals surface area contributed by atoms with Gasteiger partial charge in [-0.2, -0.15) is 0 Å². The van der Waals surface area contributed by atoms with Crippen molar-refractivity contribution in [2.75, 3.05) is 21.3 Å². The summed E-state index contributed by atoms with van der Waals surface area (Å²) in [5, 5.41) is 10.8. The average molecular weight is 321 g/mol. The zero-order chi connectivity index (χ0) is 15.3. The monoisotopic (exact) mass is 321 g/mol. The van der Waals surface area contributed by atoms with Crippen LogP contribution in [0.2, 0.25) is 0 Å². The predicted octanol–water partition coefficient (Wildman–Crippen LogP) is 2.28. The van der Waals surface area contributed by atoms with E-state index < -0.39 is 23.3 Å². The third-order valence-electron chi connectivity index (χ3n) is 2.23. The maximum absolute atomic E-state index is 11.5. The number of nitro benzene ring substituents is 1. The van der Waals surface area contributed by atoms with Crippen LogP contribution in [0.15, 0.2) is 18.2 Å². The molecule has 0 aromatic heterocycles. The molecule has 20 heavy (non-hydrogen) atoms. The van der Waals surface area contributed by atoms with Gasteiger partial charge < -0.3 is 18.3 Å². The number of nitro groups is 1. The van der Waals surface area contributed by atoms with Gasteiger partial charge in [0.25, 0.3) is 5.69 Å². The standard InChI is InChI=1S/C10H12NO7PS/c1-15-10(12)8-6-7(4-5-9(8)11(13)14)18-19(20,16-2)17-3/h4-6H,1-3H3. The van der Waals surface area contributed by atoms with E-state index in [-0.39, 0.29) is 11.3 Å². The second-order valence-electron chi connectivity index (χ2n) is 3.33. The van der Waals surface area contributed by atoms with E-state index in [9.17, 15) is 14.9 Å². The molecule has 0 atom stereocenters. The second-order valence-corrected chi connectivity index (χ2v) is 6.48. The van der Waals surface area contributed by atoms with Crippen molar-refractivity contribution >= 4 is 30.2 Å². The molecule has 0 unspecified atom stereocenters. The molecular formula is C10H12NO7PS. The molecule has 0 bridgehead atoms. The number of esters is 1. The summed E-state index contributed by atoms with van der Waals surface area (Å²) in [5.74, 6) is -0.742. The van der Waals surface area contributed by atoms with Crippen LogP contribution in [0.1, 0.15) is 10.4 Å². The Hall–Kier alpha value is -1.54. The molecule has 0 saturated heterocycles. The number of hydrogen-bond acceptors (Lipinski definition) is 8. The first-order valence-electron chi connectivity index (χ1n) is 5.14. The van der Waals surface area contributed by atoms with Crippen molar-refractivity contribution in [3.8, 4) is 5.75 Å². The average Bonchev–Trinajstić information content (AvgIpc) is 2.45. The summed E-state index contributed by atoms with van der Waals surface area (Å²) < 4.78 is 19.7. The van der Waals surface area contributed by atoms with Crippen molar-refractivity contribution in [3.05, 3.63) is 33.9 Å². The highest BCUT2D eigenvalue weighted by molar-refractivity contribution is 8.07. The first-order chi connectivity index (χ1) is 9.36. The first-order valence-corrected chi connectivity index (χ1v) is 7.70. The fourth-order valence-corrected chi connectivity index (χ4v) is 2.21. The molecule has 0 amide bonds. The van der Waals surface area contributed by atoms with E-state index >= 15 is 0 Å². The van der Waals surface area contributed by atoms with Gasteiger partial charge in [-0.25, -0.2) is 4.79 Å². The lowest BCUT2D eigenvalue weighted by Gasteiger charge is -2.18. The van der Waals surface area contributed by atoms with E-state index in [1.165, 1.54) is 20.3 Å². The van der Waals surface area contributed by atoms with Gasteiger partial charge in [-0.3, -0.25) is 10.1 Å². The summed E-state index contributed by atoms with van der Waals surface area (Å²) in [4.78, 5) is 21.7. The number of hydrogen-bond donors (Lipinski definition) is 0. The Morgan fingerprint density at radius 2 is 1.90 bits per heavy atom. The van der Waals surface area contributed by atoms with Crippen molar-refractivity contribution in [2.45, 2.75) is 0 Å². The maximum Gasteiger partial charge on any atom is 0.380 e. The zero-order valence-corrected chi connectivity index (χ0v) is 12.6. The van der Waals surface area contributed by atoms with Gasteiger partial charge in [-0.05, 0) is 6.07 Å². The SMILES string of the molecule is COC(=O)c1cc(OP(=S)(OC)OC)ccc1[N+](=O)[O-]. The molecule has 0 aliphatic carbocycles. The van der Waals surface area contributed by atoms with E-state index in [2.05, 4.69) is 4.74 Å². The second kappa shape index (κ2) is 6.76. The number of benzene rings is 1. The van der Waals surface area contributed by atoms with Gasteiger partial charge in [0.2, 0.25) is 0 Å². The van der Waals surface area contributed by atoms with Crippen molar-refractivity contribution < 1.29 is 28.0 Å². The highest BCUT2D eigenvalue weighted by Gasteiger charge is 2.24. The Kier molecular flexibility index (Phi) is 5.58. The number of carbonyl (C=O) groups is 1. The normalized spacial score (nSPS) is 10.9. The van der Waals surface area contributed by atoms with Crippen LogP contribution in [0.4, 0.5) is 5.69 Å². The van der Waals surface area contributed by atoms with Gasteiger partial charge >= 0.3 is 12.7 Å². The van der Waals surface area contributed by atoms with Gasteiger partial charge in [0.1, 0.15) is 11.3 Å². The Balaban J connectivity index is 3.23. The Labute approximate surface area is 120 Å². The minimum atomic E-state index is -2.99. The van der Waals surface area contributed by atoms with Crippen molar-refractivity contribution in [2.24, 2.45) is 0 Å². The predicted molar refractivity (Wildman–Crippen MR) is 73.4 cm³/mol. The molecule has 0 radical (unpaired) electrons. The lowest BCUT2D eigenvalue weighted by molar-refractivity contribution is -0.385. The van der Waals surface area contributed by atoms with Crippen molar-refractivity contribution in [1.82, 2.24) is 0 Å². The topological polar surface area (TPSA) is 97.1 Å². The molecule has 1 aromatic rings. The molecule has 110 valence electrons. The molecule has 1 aromatic carbocycles. The quantitative estimate of drug-likeness (QED) is 0.341. The van der Waals surface area contributed by atoms with Crippen LogP contribution in [0.5, 0.6) is 5.75 Å². The summed E-state index contributed by atoms with van der Waals surface area (Å²) in [5.41, 5.74) is -0.643. The Bertz CT molecular complexity index is 569. The van der Waals surface area contributed by atoms with Crippen LogP contribution < -0.4 is 4.52 Å². The van der Waals surface area contributed by atoms with Crippen LogP contribution >= 0.6 is 6.72 Å². The van der Waals surface area contributed by atoms with Gasteiger partial charge in [0.05, 0.1) is 12.0 Å². The fraction of sp³-hybridized carbons (Fsp3) is 0.300. The lowest BCUT2D eigenvalue weighted by atomic mass is 10.2. The molecule has 0 spiro atoms. The largest absolute Gasteiger partial charge is 0.465 e. The van der Waals surface area contributed by atoms with Crippen LogP contribution in [0, 0.1) is 10.1 Å². The van der Waals surface area contributed by atoms with E-state index in [1.54, 1.807) is 0 Å². The highest BCUT2D eigenvalue weighted by atomic mass is 32.5. The highest BCUT2D eigenvalue weighted by Crippen LogP contribution is 2.48. The molecule has 0 N–H and O–H groups in total. The van der Waals surface area contributed by atoms with Crippen molar-refractivity contribution in [3.63, 3.8) is 0 Å². The summed E-state index contributed by atoms with van der Waals surface area (Å²) in [6.07, 6.45) is 0. The summed E-state index contributed by atoms with van der Waals surface area (Å²) in [6.45, 7) is -2.99. The van der Waals surface area contributed by atoms with Gasteiger partial charge in [0, 0.05) is 38.2 Å². The van der Waals surface area contributed by atoms with Gasteiger partial charge in [-0.1, -0.05) is 0 Å². The molecule has 10 heteroatoms. The molecule has 0 aliphatic heterocycles. The number of ether oxygens (including phenoxy) is 1. The number of methoxy groups -OCH3 is 1. The number of nitrogens with zero attached hydrogens (tertiary/aromatic N) is 1. The van der Waals surface area contributed by atoms with Crippen LogP contribution in [-0.4, -0.2) is 32.2 Å². The molecular weight excluding hydrogens is 309 g/mol. The molecule has 1 rings (SSSR count). The molecule has 0 fully saturated rings. The molecule has 0 heterocycles. The van der Waals surface area contributed by atoms with Gasteiger partial charge in [-0.15, -0.1) is 0 Å². The number of rotatable bonds is 6. The smallest absolute Gasteiger partial charge is 0.380 e.